The minimum absolute atomic E-state index is 0.0719. The molecule has 0 amide bonds. The lowest BCUT2D eigenvalue weighted by Gasteiger charge is -2.44. The molecule has 3 nitrogen and oxygen atoms in total. The zero-order chi connectivity index (χ0) is 11.9. The highest BCUT2D eigenvalue weighted by Gasteiger charge is 2.62. The molecule has 0 N–H and O–H groups in total. The number of carbonyl (C=O) groups is 1. The van der Waals surface area contributed by atoms with E-state index in [1.165, 1.54) is 11.1 Å². The van der Waals surface area contributed by atoms with Crippen molar-refractivity contribution in [3.63, 3.8) is 0 Å². The smallest absolute Gasteiger partial charge is 0.313 e. The lowest BCUT2D eigenvalue weighted by atomic mass is 9.64. The summed E-state index contributed by atoms with van der Waals surface area (Å²) in [5.41, 5.74) is 2.57. The van der Waals surface area contributed by atoms with Crippen LogP contribution in [0.4, 0.5) is 0 Å². The Hall–Kier alpha value is -1.61. The van der Waals surface area contributed by atoms with Crippen molar-refractivity contribution in [3.8, 4) is 0 Å². The van der Waals surface area contributed by atoms with Crippen LogP contribution in [0.25, 0.3) is 0 Å². The van der Waals surface area contributed by atoms with Crippen molar-refractivity contribution in [1.29, 1.82) is 0 Å². The van der Waals surface area contributed by atoms with E-state index in [-0.39, 0.29) is 36.1 Å². The lowest BCUT2D eigenvalue weighted by Crippen LogP contribution is -2.49. The summed E-state index contributed by atoms with van der Waals surface area (Å²) in [5, 5.41) is 0. The van der Waals surface area contributed by atoms with Crippen LogP contribution < -0.4 is 0 Å². The molecule has 5 aliphatic rings. The first-order valence-corrected chi connectivity index (χ1v) is 6.48. The Kier molecular flexibility index (Phi) is 1.48. The largest absolute Gasteiger partial charge is 0.457 e. The summed E-state index contributed by atoms with van der Waals surface area (Å²) in [5.74, 6) is 0.416. The monoisotopic (exact) mass is 240 g/mol. The molecule has 2 fully saturated rings. The number of hydrogen-bond donors (Lipinski definition) is 0. The molecule has 4 aliphatic heterocycles. The first-order valence-electron chi connectivity index (χ1n) is 6.48. The van der Waals surface area contributed by atoms with Crippen LogP contribution in [0.1, 0.15) is 23.3 Å². The van der Waals surface area contributed by atoms with Gasteiger partial charge in [0.05, 0.1) is 18.1 Å². The maximum absolute atomic E-state index is 11.9. The lowest BCUT2D eigenvalue weighted by molar-refractivity contribution is -0.167. The van der Waals surface area contributed by atoms with Gasteiger partial charge in [0.25, 0.3) is 0 Å². The van der Waals surface area contributed by atoms with Gasteiger partial charge in [-0.15, -0.1) is 0 Å². The summed E-state index contributed by atoms with van der Waals surface area (Å²) < 4.78 is 11.6. The predicted molar refractivity (Wildman–Crippen MR) is 62.5 cm³/mol. The van der Waals surface area contributed by atoms with Crippen molar-refractivity contribution in [1.82, 2.24) is 0 Å². The highest BCUT2D eigenvalue weighted by molar-refractivity contribution is 5.78. The summed E-state index contributed by atoms with van der Waals surface area (Å²) >= 11 is 0. The van der Waals surface area contributed by atoms with Crippen molar-refractivity contribution in [2.75, 3.05) is 0 Å². The third-order valence-corrected chi connectivity index (χ3v) is 4.87. The van der Waals surface area contributed by atoms with Crippen LogP contribution in [0.2, 0.25) is 0 Å². The van der Waals surface area contributed by atoms with Crippen LogP contribution in [0.3, 0.4) is 0 Å². The fraction of sp³-hybridized carbons (Fsp3) is 0.400. The highest BCUT2D eigenvalue weighted by Crippen LogP contribution is 2.63. The summed E-state index contributed by atoms with van der Waals surface area (Å²) in [4.78, 5) is 11.9. The van der Waals surface area contributed by atoms with Crippen molar-refractivity contribution in [3.05, 3.63) is 47.5 Å². The molecule has 0 spiro atoms. The molecular weight excluding hydrogens is 228 g/mol. The van der Waals surface area contributed by atoms with Crippen LogP contribution in [0.15, 0.2) is 36.4 Å². The Morgan fingerprint density at radius 1 is 0.944 bits per heavy atom. The van der Waals surface area contributed by atoms with Gasteiger partial charge in [0, 0.05) is 11.8 Å². The Morgan fingerprint density at radius 2 is 1.67 bits per heavy atom. The number of hydrogen-bond acceptors (Lipinski definition) is 3. The third-order valence-electron chi connectivity index (χ3n) is 4.87. The quantitative estimate of drug-likeness (QED) is 0.515. The average Bonchev–Trinajstić information content (AvgIpc) is 2.97. The minimum Gasteiger partial charge on any atom is -0.457 e. The highest BCUT2D eigenvalue weighted by atomic mass is 16.6. The van der Waals surface area contributed by atoms with Gasteiger partial charge in [0.1, 0.15) is 6.10 Å². The molecule has 4 bridgehead atoms. The molecule has 4 heterocycles. The van der Waals surface area contributed by atoms with E-state index in [0.717, 1.165) is 0 Å². The summed E-state index contributed by atoms with van der Waals surface area (Å²) in [7, 11) is 0. The molecule has 6 atom stereocenters. The van der Waals surface area contributed by atoms with Gasteiger partial charge in [-0.1, -0.05) is 30.3 Å². The molecule has 2 saturated heterocycles. The van der Waals surface area contributed by atoms with Gasteiger partial charge in [-0.2, -0.15) is 0 Å². The molecule has 1 aromatic carbocycles. The molecule has 1 aliphatic carbocycles. The molecule has 6 unspecified atom stereocenters. The predicted octanol–water partition coefficient (Wildman–Crippen LogP) is 2.16. The van der Waals surface area contributed by atoms with Crippen LogP contribution in [-0.2, 0) is 14.3 Å². The van der Waals surface area contributed by atoms with Crippen molar-refractivity contribution in [2.24, 2.45) is 17.8 Å². The van der Waals surface area contributed by atoms with Crippen LogP contribution in [0.5, 0.6) is 0 Å². The van der Waals surface area contributed by atoms with Crippen LogP contribution in [-0.4, -0.2) is 12.1 Å². The second-order valence-electron chi connectivity index (χ2n) is 5.57. The maximum atomic E-state index is 11.9. The molecule has 0 aromatic heterocycles. The molecular formula is C15H12O3. The van der Waals surface area contributed by atoms with Crippen molar-refractivity contribution >= 4 is 5.97 Å². The molecule has 0 radical (unpaired) electrons. The van der Waals surface area contributed by atoms with Gasteiger partial charge in [-0.05, 0) is 17.2 Å². The Balaban J connectivity index is 1.71. The molecule has 0 saturated carbocycles. The van der Waals surface area contributed by atoms with E-state index in [9.17, 15) is 4.79 Å². The fourth-order valence-corrected chi connectivity index (χ4v) is 4.20. The summed E-state index contributed by atoms with van der Waals surface area (Å²) in [6, 6.07) is 8.38. The van der Waals surface area contributed by atoms with E-state index >= 15 is 0 Å². The Morgan fingerprint density at radius 3 is 2.39 bits per heavy atom. The van der Waals surface area contributed by atoms with E-state index in [1.54, 1.807) is 0 Å². The minimum atomic E-state index is -0.108. The second-order valence-corrected chi connectivity index (χ2v) is 5.57. The van der Waals surface area contributed by atoms with E-state index in [2.05, 4.69) is 18.2 Å². The zero-order valence-corrected chi connectivity index (χ0v) is 9.65. The molecule has 6 rings (SSSR count). The first-order chi connectivity index (χ1) is 8.84. The van der Waals surface area contributed by atoms with Crippen molar-refractivity contribution in [2.45, 2.75) is 18.3 Å². The van der Waals surface area contributed by atoms with Gasteiger partial charge in [0.15, 0.2) is 0 Å². The van der Waals surface area contributed by atoms with Gasteiger partial charge in [-0.25, -0.2) is 0 Å². The summed E-state index contributed by atoms with van der Waals surface area (Å²) in [6.45, 7) is 0. The fourth-order valence-electron chi connectivity index (χ4n) is 4.20. The molecule has 1 aromatic rings. The van der Waals surface area contributed by atoms with Gasteiger partial charge in [0.2, 0.25) is 0 Å². The number of carbonyl (C=O) groups excluding carboxylic acids is 1. The first kappa shape index (κ1) is 9.34. The van der Waals surface area contributed by atoms with E-state index in [0.29, 0.717) is 5.92 Å². The molecule has 18 heavy (non-hydrogen) atoms. The molecule has 90 valence electrons. The standard InChI is InChI=1S/C15H12O3/c16-15-9-5-6-10(17-15)12-11(9)13-7-3-1-2-4-8(7)14(12)18-13/h1-6,9-14H. The van der Waals surface area contributed by atoms with Crippen LogP contribution >= 0.6 is 0 Å². The van der Waals surface area contributed by atoms with Crippen molar-refractivity contribution < 1.29 is 14.3 Å². The average molecular weight is 240 g/mol. The topological polar surface area (TPSA) is 35.5 Å². The van der Waals surface area contributed by atoms with Gasteiger partial charge in [-0.3, -0.25) is 4.79 Å². The van der Waals surface area contributed by atoms with E-state index in [1.807, 2.05) is 18.2 Å². The van der Waals surface area contributed by atoms with E-state index in [4.69, 9.17) is 9.47 Å². The number of rotatable bonds is 0. The van der Waals surface area contributed by atoms with Crippen LogP contribution in [0, 0.1) is 17.8 Å². The maximum Gasteiger partial charge on any atom is 0.313 e. The van der Waals surface area contributed by atoms with Gasteiger partial charge >= 0.3 is 5.97 Å². The summed E-state index contributed by atoms with van der Waals surface area (Å²) in [6.07, 6.45) is 4.17. The molecule has 3 heteroatoms. The number of esters is 1. The SMILES string of the molecule is O=C1OC2C=CC1C1C3OC(c4ccccc43)C21. The normalized spacial score (nSPS) is 45.9. The number of ether oxygens (including phenoxy) is 2. The number of benzene rings is 1. The third kappa shape index (κ3) is 0.872. The van der Waals surface area contributed by atoms with Gasteiger partial charge < -0.3 is 9.47 Å². The zero-order valence-electron chi connectivity index (χ0n) is 9.65. The Labute approximate surface area is 104 Å². The number of fused-ring (bicyclic) bond motifs is 6. The van der Waals surface area contributed by atoms with E-state index < -0.39 is 0 Å². The Bertz CT molecular complexity index is 591. The second kappa shape index (κ2) is 2.86.